The van der Waals surface area contributed by atoms with E-state index < -0.39 is 5.97 Å². The Kier molecular flexibility index (Phi) is 7.17. The number of amides is 1. The molecule has 0 saturated carbocycles. The van der Waals surface area contributed by atoms with E-state index in [0.717, 1.165) is 23.2 Å². The number of hydrogen-bond acceptors (Lipinski definition) is 5. The molecule has 34 heavy (non-hydrogen) atoms. The van der Waals surface area contributed by atoms with Crippen molar-refractivity contribution >= 4 is 22.9 Å². The quantitative estimate of drug-likeness (QED) is 0.365. The standard InChI is InChI=1S/C26H26N4O4/c1-2-21(10-12-25(31)32)34-22-8-6-20(7-9-22)30-17-29-23-14-19(5-11-24(23)30)26(33)28-16-18-4-3-13-27-15-18/h3-9,11,13-15,17,21H,2,10,12,16H2,1H3,(H,28,33)(H,31,32). The van der Waals surface area contributed by atoms with Gasteiger partial charge in [-0.2, -0.15) is 0 Å². The van der Waals surface area contributed by atoms with Crippen molar-refractivity contribution in [2.75, 3.05) is 0 Å². The summed E-state index contributed by atoms with van der Waals surface area (Å²) in [6.45, 7) is 2.38. The summed E-state index contributed by atoms with van der Waals surface area (Å²) in [4.78, 5) is 31.9. The van der Waals surface area contributed by atoms with Crippen molar-refractivity contribution in [3.05, 3.63) is 84.4 Å². The molecule has 8 heteroatoms. The smallest absolute Gasteiger partial charge is 0.303 e. The molecule has 1 unspecified atom stereocenters. The van der Waals surface area contributed by atoms with E-state index in [2.05, 4.69) is 15.3 Å². The molecule has 4 rings (SSSR count). The Morgan fingerprint density at radius 2 is 1.97 bits per heavy atom. The van der Waals surface area contributed by atoms with Crippen molar-refractivity contribution in [2.24, 2.45) is 0 Å². The molecule has 0 bridgehead atoms. The molecule has 8 nitrogen and oxygen atoms in total. The molecule has 0 aliphatic carbocycles. The maximum Gasteiger partial charge on any atom is 0.303 e. The van der Waals surface area contributed by atoms with Crippen LogP contribution in [-0.2, 0) is 11.3 Å². The molecule has 2 aromatic carbocycles. The molecule has 1 atom stereocenters. The number of aromatic nitrogens is 3. The summed E-state index contributed by atoms with van der Waals surface area (Å²) >= 11 is 0. The maximum absolute atomic E-state index is 12.6. The Labute approximate surface area is 197 Å². The summed E-state index contributed by atoms with van der Waals surface area (Å²) in [5.74, 6) is -0.299. The van der Waals surface area contributed by atoms with Gasteiger partial charge in [0.1, 0.15) is 12.1 Å². The summed E-state index contributed by atoms with van der Waals surface area (Å²) in [7, 11) is 0. The first kappa shape index (κ1) is 23.0. The number of benzene rings is 2. The van der Waals surface area contributed by atoms with Crippen LogP contribution in [0.3, 0.4) is 0 Å². The number of aliphatic carboxylic acids is 1. The minimum atomic E-state index is -0.821. The van der Waals surface area contributed by atoms with Crippen LogP contribution in [0.5, 0.6) is 5.75 Å². The number of nitrogens with zero attached hydrogens (tertiary/aromatic N) is 3. The van der Waals surface area contributed by atoms with Gasteiger partial charge < -0.3 is 15.2 Å². The van der Waals surface area contributed by atoms with Crippen molar-refractivity contribution in [2.45, 2.75) is 38.8 Å². The van der Waals surface area contributed by atoms with E-state index in [4.69, 9.17) is 9.84 Å². The Balaban J connectivity index is 1.44. The largest absolute Gasteiger partial charge is 0.490 e. The number of carboxylic acid groups (broad SMARTS) is 1. The molecule has 0 fully saturated rings. The number of pyridine rings is 1. The molecule has 0 aliphatic heterocycles. The molecule has 0 saturated heterocycles. The van der Waals surface area contributed by atoms with Gasteiger partial charge in [0.25, 0.3) is 5.91 Å². The third-order valence-electron chi connectivity index (χ3n) is 5.54. The molecule has 174 valence electrons. The van der Waals surface area contributed by atoms with Gasteiger partial charge in [0.2, 0.25) is 0 Å². The SMILES string of the molecule is CCC(CCC(=O)O)Oc1ccc(-n2cnc3cc(C(=O)NCc4cccnc4)ccc32)cc1. The van der Waals surface area contributed by atoms with Gasteiger partial charge in [0, 0.05) is 36.6 Å². The lowest BCUT2D eigenvalue weighted by Gasteiger charge is -2.17. The first-order valence-corrected chi connectivity index (χ1v) is 11.2. The average Bonchev–Trinajstić information content (AvgIpc) is 3.29. The summed E-state index contributed by atoms with van der Waals surface area (Å²) < 4.78 is 7.88. The average molecular weight is 459 g/mol. The predicted octanol–water partition coefficient (Wildman–Crippen LogP) is 4.37. The summed E-state index contributed by atoms with van der Waals surface area (Å²) in [6.07, 6.45) is 6.29. The van der Waals surface area contributed by atoms with Gasteiger partial charge >= 0.3 is 5.97 Å². The van der Waals surface area contributed by atoms with Crippen LogP contribution in [0, 0.1) is 0 Å². The highest BCUT2D eigenvalue weighted by Gasteiger charge is 2.12. The van der Waals surface area contributed by atoms with Crippen LogP contribution in [0.25, 0.3) is 16.7 Å². The van der Waals surface area contributed by atoms with Crippen molar-refractivity contribution in [1.29, 1.82) is 0 Å². The highest BCUT2D eigenvalue weighted by molar-refractivity contribution is 5.97. The Hall–Kier alpha value is -4.20. The second kappa shape index (κ2) is 10.6. The lowest BCUT2D eigenvalue weighted by molar-refractivity contribution is -0.137. The van der Waals surface area contributed by atoms with Crippen LogP contribution in [0.1, 0.15) is 42.1 Å². The number of fused-ring (bicyclic) bond motifs is 1. The van der Waals surface area contributed by atoms with Gasteiger partial charge in [0.15, 0.2) is 0 Å². The fourth-order valence-corrected chi connectivity index (χ4v) is 3.66. The number of hydrogen-bond donors (Lipinski definition) is 2. The zero-order valence-corrected chi connectivity index (χ0v) is 18.8. The first-order valence-electron chi connectivity index (χ1n) is 11.2. The van der Waals surface area contributed by atoms with Gasteiger partial charge in [0.05, 0.1) is 17.1 Å². The van der Waals surface area contributed by atoms with Gasteiger partial charge in [-0.15, -0.1) is 0 Å². The Morgan fingerprint density at radius 3 is 2.68 bits per heavy atom. The van der Waals surface area contributed by atoms with Crippen LogP contribution in [0.15, 0.2) is 73.3 Å². The maximum atomic E-state index is 12.6. The second-order valence-corrected chi connectivity index (χ2v) is 7.94. The number of ether oxygens (including phenoxy) is 1. The first-order chi connectivity index (χ1) is 16.5. The van der Waals surface area contributed by atoms with E-state index >= 15 is 0 Å². The van der Waals surface area contributed by atoms with E-state index in [-0.39, 0.29) is 18.4 Å². The fourth-order valence-electron chi connectivity index (χ4n) is 3.66. The van der Waals surface area contributed by atoms with Crippen LogP contribution in [-0.4, -0.2) is 37.6 Å². The van der Waals surface area contributed by atoms with Crippen LogP contribution < -0.4 is 10.1 Å². The monoisotopic (exact) mass is 458 g/mol. The van der Waals surface area contributed by atoms with E-state index in [9.17, 15) is 9.59 Å². The van der Waals surface area contributed by atoms with E-state index in [0.29, 0.717) is 29.8 Å². The van der Waals surface area contributed by atoms with E-state index in [1.165, 1.54) is 0 Å². The zero-order chi connectivity index (χ0) is 23.9. The Morgan fingerprint density at radius 1 is 1.15 bits per heavy atom. The predicted molar refractivity (Wildman–Crippen MR) is 128 cm³/mol. The molecule has 4 aromatic rings. The molecule has 2 N–H and O–H groups in total. The molecule has 0 spiro atoms. The number of carbonyl (C=O) groups is 2. The highest BCUT2D eigenvalue weighted by atomic mass is 16.5. The third-order valence-corrected chi connectivity index (χ3v) is 5.54. The number of imidazole rings is 1. The summed E-state index contributed by atoms with van der Waals surface area (Å²) in [6, 6.07) is 16.8. The minimum absolute atomic E-state index is 0.0844. The van der Waals surface area contributed by atoms with Crippen molar-refractivity contribution in [3.8, 4) is 11.4 Å². The lowest BCUT2D eigenvalue weighted by Crippen LogP contribution is -2.22. The molecular weight excluding hydrogens is 432 g/mol. The van der Waals surface area contributed by atoms with E-state index in [1.54, 1.807) is 30.9 Å². The number of carboxylic acids is 1. The van der Waals surface area contributed by atoms with E-state index in [1.807, 2.05) is 54.0 Å². The minimum Gasteiger partial charge on any atom is -0.490 e. The van der Waals surface area contributed by atoms with Crippen LogP contribution >= 0.6 is 0 Å². The van der Waals surface area contributed by atoms with Crippen molar-refractivity contribution in [1.82, 2.24) is 19.9 Å². The van der Waals surface area contributed by atoms with Gasteiger partial charge in [-0.25, -0.2) is 4.98 Å². The van der Waals surface area contributed by atoms with Gasteiger partial charge in [-0.3, -0.25) is 19.1 Å². The second-order valence-electron chi connectivity index (χ2n) is 7.94. The molecule has 1 amide bonds. The van der Waals surface area contributed by atoms with Crippen LogP contribution in [0.4, 0.5) is 0 Å². The number of carbonyl (C=O) groups excluding carboxylic acids is 1. The summed E-state index contributed by atoms with van der Waals surface area (Å²) in [5, 5.41) is 11.8. The molecule has 0 aliphatic rings. The molecule has 2 heterocycles. The third kappa shape index (κ3) is 5.58. The van der Waals surface area contributed by atoms with Crippen molar-refractivity contribution in [3.63, 3.8) is 0 Å². The molecular formula is C26H26N4O4. The number of nitrogens with one attached hydrogen (secondary N) is 1. The van der Waals surface area contributed by atoms with Crippen molar-refractivity contribution < 1.29 is 19.4 Å². The normalized spacial score (nSPS) is 11.8. The fraction of sp³-hybridized carbons (Fsp3) is 0.231. The van der Waals surface area contributed by atoms with Gasteiger partial charge in [-0.1, -0.05) is 13.0 Å². The topological polar surface area (TPSA) is 106 Å². The Bertz CT molecular complexity index is 1270. The molecule has 2 aromatic heterocycles. The van der Waals surface area contributed by atoms with Gasteiger partial charge in [-0.05, 0) is 66.9 Å². The number of rotatable bonds is 10. The highest BCUT2D eigenvalue weighted by Crippen LogP contribution is 2.23. The molecule has 0 radical (unpaired) electrons. The zero-order valence-electron chi connectivity index (χ0n) is 18.8. The lowest BCUT2D eigenvalue weighted by atomic mass is 10.1. The summed E-state index contributed by atoms with van der Waals surface area (Å²) in [5.41, 5.74) is 3.97. The van der Waals surface area contributed by atoms with Crippen LogP contribution in [0.2, 0.25) is 0 Å².